The van der Waals surface area contributed by atoms with Crippen LogP contribution in [0.15, 0.2) is 40.8 Å². The van der Waals surface area contributed by atoms with E-state index < -0.39 is 0 Å². The lowest BCUT2D eigenvalue weighted by Crippen LogP contribution is -2.28. The Labute approximate surface area is 143 Å². The van der Waals surface area contributed by atoms with Crippen LogP contribution in [0.2, 0.25) is 0 Å². The van der Waals surface area contributed by atoms with E-state index in [4.69, 9.17) is 4.42 Å². The normalized spacial score (nSPS) is 13.1. The number of aryl methyl sites for hydroxylation is 1. The zero-order valence-electron chi connectivity index (χ0n) is 14.7. The van der Waals surface area contributed by atoms with Crippen LogP contribution in [-0.4, -0.2) is 16.1 Å². The minimum atomic E-state index is -0.274. The van der Waals surface area contributed by atoms with Gasteiger partial charge < -0.3 is 9.73 Å². The lowest BCUT2D eigenvalue weighted by molar-refractivity contribution is -0.117. The molecule has 1 amide bonds. The average molecular weight is 327 g/mol. The molecule has 24 heavy (non-hydrogen) atoms. The van der Waals surface area contributed by atoms with Gasteiger partial charge in [-0.05, 0) is 29.9 Å². The molecule has 1 aromatic heterocycles. The molecule has 2 aromatic rings. The van der Waals surface area contributed by atoms with Crippen LogP contribution in [0.4, 0.5) is 0 Å². The van der Waals surface area contributed by atoms with E-state index in [1.165, 1.54) is 0 Å². The van der Waals surface area contributed by atoms with Crippen LogP contribution in [0.25, 0.3) is 5.57 Å². The number of allylic oxidation sites excluding steroid dienone is 1. The number of hydrogen-bond donors (Lipinski definition) is 1. The first kappa shape index (κ1) is 17.9. The van der Waals surface area contributed by atoms with E-state index in [2.05, 4.69) is 29.4 Å². The standard InChI is InChI=1S/C19H25N3O2/c1-5-15(16-9-7-6-8-10-16)12-18(23)20-17(11-13(2)3)19-22-21-14(4)24-19/h6-10,12-13,17H,5,11H2,1-4H3,(H,20,23)/b15-12+. The summed E-state index contributed by atoms with van der Waals surface area (Å²) in [4.78, 5) is 12.5. The maximum atomic E-state index is 12.5. The number of hydrogen-bond acceptors (Lipinski definition) is 4. The number of benzene rings is 1. The molecule has 0 fully saturated rings. The summed E-state index contributed by atoms with van der Waals surface area (Å²) >= 11 is 0. The molecule has 1 unspecified atom stereocenters. The summed E-state index contributed by atoms with van der Waals surface area (Å²) in [5, 5.41) is 10.9. The third-order valence-corrected chi connectivity index (χ3v) is 3.69. The van der Waals surface area contributed by atoms with Crippen molar-refractivity contribution in [3.05, 3.63) is 53.8 Å². The second-order valence-electron chi connectivity index (χ2n) is 6.24. The smallest absolute Gasteiger partial charge is 0.244 e. The Bertz CT molecular complexity index is 690. The van der Waals surface area contributed by atoms with E-state index in [1.807, 2.05) is 37.3 Å². The van der Waals surface area contributed by atoms with Gasteiger partial charge in [-0.3, -0.25) is 4.79 Å². The van der Waals surface area contributed by atoms with Gasteiger partial charge >= 0.3 is 0 Å². The van der Waals surface area contributed by atoms with Crippen LogP contribution < -0.4 is 5.32 Å². The van der Waals surface area contributed by atoms with Gasteiger partial charge in [0.15, 0.2) is 0 Å². The number of amides is 1. The van der Waals surface area contributed by atoms with Crippen LogP contribution in [0.1, 0.15) is 57.0 Å². The molecule has 0 aliphatic carbocycles. The van der Waals surface area contributed by atoms with Gasteiger partial charge in [0.1, 0.15) is 6.04 Å². The fourth-order valence-corrected chi connectivity index (χ4v) is 2.56. The first-order chi connectivity index (χ1) is 11.5. The van der Waals surface area contributed by atoms with Gasteiger partial charge in [-0.25, -0.2) is 0 Å². The highest BCUT2D eigenvalue weighted by atomic mass is 16.4. The molecule has 0 bridgehead atoms. The monoisotopic (exact) mass is 327 g/mol. The van der Waals surface area contributed by atoms with Crippen molar-refractivity contribution in [2.45, 2.75) is 46.6 Å². The number of carbonyl (C=O) groups excluding carboxylic acids is 1. The van der Waals surface area contributed by atoms with Crippen molar-refractivity contribution in [3.63, 3.8) is 0 Å². The van der Waals surface area contributed by atoms with Gasteiger partial charge in [0, 0.05) is 13.0 Å². The minimum absolute atomic E-state index is 0.141. The molecule has 0 aliphatic rings. The topological polar surface area (TPSA) is 68.0 Å². The Balaban J connectivity index is 2.16. The molecule has 1 atom stereocenters. The van der Waals surface area contributed by atoms with Crippen molar-refractivity contribution in [1.82, 2.24) is 15.5 Å². The fraction of sp³-hybridized carbons (Fsp3) is 0.421. The molecular formula is C19H25N3O2. The van der Waals surface area contributed by atoms with Crippen molar-refractivity contribution in [3.8, 4) is 0 Å². The number of aromatic nitrogens is 2. The van der Waals surface area contributed by atoms with E-state index in [0.29, 0.717) is 17.7 Å². The van der Waals surface area contributed by atoms with Crippen molar-refractivity contribution in [2.24, 2.45) is 5.92 Å². The lowest BCUT2D eigenvalue weighted by Gasteiger charge is -2.16. The molecule has 1 N–H and O–H groups in total. The van der Waals surface area contributed by atoms with Crippen LogP contribution in [0.5, 0.6) is 0 Å². The molecule has 2 rings (SSSR count). The summed E-state index contributed by atoms with van der Waals surface area (Å²) in [7, 11) is 0. The zero-order chi connectivity index (χ0) is 17.5. The SMILES string of the molecule is CC/C(=C\C(=O)NC(CC(C)C)c1nnc(C)o1)c1ccccc1. The van der Waals surface area contributed by atoms with Gasteiger partial charge in [0.2, 0.25) is 17.7 Å². The second kappa shape index (κ2) is 8.43. The predicted octanol–water partition coefficient (Wildman–Crippen LogP) is 4.08. The van der Waals surface area contributed by atoms with Crippen LogP contribution in [0, 0.1) is 12.8 Å². The van der Waals surface area contributed by atoms with Crippen molar-refractivity contribution in [2.75, 3.05) is 0 Å². The van der Waals surface area contributed by atoms with Crippen LogP contribution >= 0.6 is 0 Å². The van der Waals surface area contributed by atoms with Gasteiger partial charge in [0.25, 0.3) is 0 Å². The Morgan fingerprint density at radius 1 is 1.25 bits per heavy atom. The summed E-state index contributed by atoms with van der Waals surface area (Å²) in [5.74, 6) is 1.21. The van der Waals surface area contributed by atoms with Gasteiger partial charge in [0.05, 0.1) is 0 Å². The van der Waals surface area contributed by atoms with Crippen LogP contribution in [0.3, 0.4) is 0 Å². The summed E-state index contributed by atoms with van der Waals surface area (Å²) in [6, 6.07) is 9.65. The second-order valence-corrected chi connectivity index (χ2v) is 6.24. The highest BCUT2D eigenvalue weighted by Crippen LogP contribution is 2.21. The van der Waals surface area contributed by atoms with E-state index in [9.17, 15) is 4.79 Å². The molecule has 5 nitrogen and oxygen atoms in total. The molecule has 0 saturated carbocycles. The number of rotatable bonds is 7. The van der Waals surface area contributed by atoms with Gasteiger partial charge in [-0.1, -0.05) is 51.1 Å². The summed E-state index contributed by atoms with van der Waals surface area (Å²) in [6.45, 7) is 7.98. The average Bonchev–Trinajstić information content (AvgIpc) is 2.99. The Kier molecular flexibility index (Phi) is 6.29. The predicted molar refractivity (Wildman–Crippen MR) is 94.1 cm³/mol. The molecule has 5 heteroatoms. The molecule has 0 aliphatic heterocycles. The highest BCUT2D eigenvalue weighted by molar-refractivity contribution is 5.95. The van der Waals surface area contributed by atoms with Gasteiger partial charge in [-0.15, -0.1) is 10.2 Å². The molecule has 0 radical (unpaired) electrons. The van der Waals surface area contributed by atoms with Crippen molar-refractivity contribution >= 4 is 11.5 Å². The first-order valence-electron chi connectivity index (χ1n) is 8.36. The van der Waals surface area contributed by atoms with E-state index >= 15 is 0 Å². The Morgan fingerprint density at radius 3 is 2.50 bits per heavy atom. The van der Waals surface area contributed by atoms with E-state index in [0.717, 1.165) is 24.0 Å². The lowest BCUT2D eigenvalue weighted by atomic mass is 10.0. The highest BCUT2D eigenvalue weighted by Gasteiger charge is 2.21. The van der Waals surface area contributed by atoms with Gasteiger partial charge in [-0.2, -0.15) is 0 Å². The van der Waals surface area contributed by atoms with Crippen molar-refractivity contribution < 1.29 is 9.21 Å². The Morgan fingerprint density at radius 2 is 1.96 bits per heavy atom. The molecule has 0 saturated heterocycles. The third-order valence-electron chi connectivity index (χ3n) is 3.69. The van der Waals surface area contributed by atoms with E-state index in [1.54, 1.807) is 13.0 Å². The Hall–Kier alpha value is -2.43. The zero-order valence-corrected chi connectivity index (χ0v) is 14.7. The molecule has 1 heterocycles. The summed E-state index contributed by atoms with van der Waals surface area (Å²) in [6.07, 6.45) is 3.19. The largest absolute Gasteiger partial charge is 0.423 e. The molecule has 1 aromatic carbocycles. The number of nitrogens with zero attached hydrogens (tertiary/aromatic N) is 2. The maximum absolute atomic E-state index is 12.5. The molecule has 128 valence electrons. The summed E-state index contributed by atoms with van der Waals surface area (Å²) < 4.78 is 5.51. The summed E-state index contributed by atoms with van der Waals surface area (Å²) in [5.41, 5.74) is 2.06. The number of carbonyl (C=O) groups is 1. The number of nitrogens with one attached hydrogen (secondary N) is 1. The molecule has 0 spiro atoms. The fourth-order valence-electron chi connectivity index (χ4n) is 2.56. The van der Waals surface area contributed by atoms with Crippen LogP contribution in [-0.2, 0) is 4.79 Å². The quantitative estimate of drug-likeness (QED) is 0.778. The first-order valence-corrected chi connectivity index (χ1v) is 8.36. The minimum Gasteiger partial charge on any atom is -0.423 e. The van der Waals surface area contributed by atoms with E-state index in [-0.39, 0.29) is 11.9 Å². The van der Waals surface area contributed by atoms with Crippen molar-refractivity contribution in [1.29, 1.82) is 0 Å². The molecular weight excluding hydrogens is 302 g/mol. The maximum Gasteiger partial charge on any atom is 0.244 e. The third kappa shape index (κ3) is 5.05.